The molecule has 0 N–H and O–H groups in total. The number of likely N-dealkylation sites (N-methyl/N-ethyl adjacent to an activating group) is 1. The SMILES string of the molecule is Cc1c(Cl)c2c3c(nc(=O)n(C)c3c1F)N1CC(C)N(C)CC1CO2. The zero-order valence-electron chi connectivity index (χ0n) is 14.6. The molecule has 3 heterocycles. The average Bonchev–Trinajstić information content (AvgIpc) is 2.71. The van der Waals surface area contributed by atoms with Crippen LogP contribution in [0.1, 0.15) is 12.5 Å². The highest BCUT2D eigenvalue weighted by atomic mass is 35.5. The lowest BCUT2D eigenvalue weighted by molar-refractivity contribution is 0.166. The highest BCUT2D eigenvalue weighted by molar-refractivity contribution is 6.34. The molecule has 25 heavy (non-hydrogen) atoms. The average molecular weight is 367 g/mol. The molecule has 1 aromatic carbocycles. The van der Waals surface area contributed by atoms with Gasteiger partial charge in [0.2, 0.25) is 0 Å². The Morgan fingerprint density at radius 2 is 2.04 bits per heavy atom. The van der Waals surface area contributed by atoms with E-state index in [2.05, 4.69) is 28.8 Å². The Morgan fingerprint density at radius 3 is 2.76 bits per heavy atom. The molecule has 2 unspecified atom stereocenters. The molecule has 0 radical (unpaired) electrons. The molecule has 2 atom stereocenters. The fourth-order valence-electron chi connectivity index (χ4n) is 3.72. The lowest BCUT2D eigenvalue weighted by Crippen LogP contribution is -2.58. The molecule has 134 valence electrons. The molecule has 1 saturated heterocycles. The topological polar surface area (TPSA) is 50.6 Å². The monoisotopic (exact) mass is 366 g/mol. The Labute approximate surface area is 149 Å². The van der Waals surface area contributed by atoms with E-state index in [1.54, 1.807) is 6.92 Å². The van der Waals surface area contributed by atoms with E-state index >= 15 is 0 Å². The number of halogens is 2. The van der Waals surface area contributed by atoms with E-state index in [1.807, 2.05) is 0 Å². The molecule has 0 saturated carbocycles. The van der Waals surface area contributed by atoms with Crippen LogP contribution in [-0.2, 0) is 7.05 Å². The van der Waals surface area contributed by atoms with Crippen molar-refractivity contribution in [2.75, 3.05) is 31.6 Å². The molecule has 0 spiro atoms. The number of fused-ring (bicyclic) bond motifs is 2. The highest BCUT2D eigenvalue weighted by Gasteiger charge is 2.37. The fraction of sp³-hybridized carbons (Fsp3) is 0.529. The Bertz CT molecular complexity index is 945. The Kier molecular flexibility index (Phi) is 3.70. The van der Waals surface area contributed by atoms with Crippen LogP contribution < -0.4 is 15.3 Å². The molecular weight excluding hydrogens is 347 g/mol. The molecule has 4 rings (SSSR count). The summed E-state index contributed by atoms with van der Waals surface area (Å²) in [4.78, 5) is 21.0. The van der Waals surface area contributed by atoms with E-state index in [9.17, 15) is 9.18 Å². The Balaban J connectivity index is 2.09. The van der Waals surface area contributed by atoms with Gasteiger partial charge < -0.3 is 9.64 Å². The summed E-state index contributed by atoms with van der Waals surface area (Å²) in [6, 6.07) is 0.306. The van der Waals surface area contributed by atoms with Gasteiger partial charge in [0, 0.05) is 31.7 Å². The molecule has 0 aliphatic carbocycles. The number of benzene rings is 1. The minimum atomic E-state index is -0.503. The van der Waals surface area contributed by atoms with Crippen LogP contribution in [0.5, 0.6) is 5.75 Å². The fourth-order valence-corrected chi connectivity index (χ4v) is 3.95. The molecule has 2 aliphatic rings. The van der Waals surface area contributed by atoms with Crippen molar-refractivity contribution in [2.45, 2.75) is 25.9 Å². The maximum atomic E-state index is 15.0. The number of piperazine rings is 1. The van der Waals surface area contributed by atoms with Crippen molar-refractivity contribution in [3.8, 4) is 5.75 Å². The number of hydrogen-bond donors (Lipinski definition) is 0. The normalized spacial score (nSPS) is 23.4. The van der Waals surface area contributed by atoms with Crippen molar-refractivity contribution >= 4 is 28.3 Å². The molecule has 0 amide bonds. The number of aryl methyl sites for hydroxylation is 1. The second kappa shape index (κ2) is 5.57. The highest BCUT2D eigenvalue weighted by Crippen LogP contribution is 2.44. The molecule has 2 aromatic rings. The molecule has 1 aromatic heterocycles. The van der Waals surface area contributed by atoms with Crippen LogP contribution >= 0.6 is 11.6 Å². The second-order valence-corrected chi connectivity index (χ2v) is 7.37. The minimum Gasteiger partial charge on any atom is -0.489 e. The van der Waals surface area contributed by atoms with Gasteiger partial charge in [-0.25, -0.2) is 9.18 Å². The van der Waals surface area contributed by atoms with Crippen LogP contribution in [0.4, 0.5) is 10.2 Å². The summed E-state index contributed by atoms with van der Waals surface area (Å²) in [5, 5.41) is 0.724. The smallest absolute Gasteiger partial charge is 0.349 e. The Morgan fingerprint density at radius 1 is 1.32 bits per heavy atom. The summed E-state index contributed by atoms with van der Waals surface area (Å²) in [6.45, 7) is 5.57. The van der Waals surface area contributed by atoms with Crippen LogP contribution in [0.2, 0.25) is 5.02 Å². The van der Waals surface area contributed by atoms with Crippen molar-refractivity contribution in [3.05, 3.63) is 26.9 Å². The van der Waals surface area contributed by atoms with Crippen molar-refractivity contribution < 1.29 is 9.13 Å². The van der Waals surface area contributed by atoms with Gasteiger partial charge >= 0.3 is 5.69 Å². The van der Waals surface area contributed by atoms with Gasteiger partial charge in [-0.2, -0.15) is 4.98 Å². The first kappa shape index (κ1) is 16.6. The van der Waals surface area contributed by atoms with E-state index in [-0.39, 0.29) is 28.2 Å². The van der Waals surface area contributed by atoms with Crippen molar-refractivity contribution in [1.82, 2.24) is 14.5 Å². The molecule has 8 heteroatoms. The third-order valence-electron chi connectivity index (χ3n) is 5.42. The summed E-state index contributed by atoms with van der Waals surface area (Å²) in [5.74, 6) is 0.381. The zero-order valence-corrected chi connectivity index (χ0v) is 15.4. The third kappa shape index (κ3) is 2.25. The number of anilines is 1. The molecular formula is C17H20ClFN4O2. The summed E-state index contributed by atoms with van der Waals surface area (Å²) >= 11 is 6.39. The van der Waals surface area contributed by atoms with E-state index in [0.717, 1.165) is 6.54 Å². The van der Waals surface area contributed by atoms with Crippen molar-refractivity contribution in [1.29, 1.82) is 0 Å². The lowest BCUT2D eigenvalue weighted by Gasteiger charge is -2.43. The number of aromatic nitrogens is 2. The predicted molar refractivity (Wildman–Crippen MR) is 95.4 cm³/mol. The standard InChI is InChI=1S/C17H20ClFN4O2/c1-8-5-23-10(6-21(8)3)7-25-15-11-14(13(19)9(2)12(15)18)22(4)17(24)20-16(11)23/h8,10H,5-7H2,1-4H3. The second-order valence-electron chi connectivity index (χ2n) is 6.99. The van der Waals surface area contributed by atoms with Gasteiger partial charge in [-0.15, -0.1) is 0 Å². The van der Waals surface area contributed by atoms with Crippen LogP contribution in [0.3, 0.4) is 0 Å². The van der Waals surface area contributed by atoms with Gasteiger partial charge in [-0.05, 0) is 20.9 Å². The third-order valence-corrected chi connectivity index (χ3v) is 5.88. The van der Waals surface area contributed by atoms with Gasteiger partial charge in [0.05, 0.1) is 22.0 Å². The van der Waals surface area contributed by atoms with Crippen LogP contribution in [0.15, 0.2) is 4.79 Å². The van der Waals surface area contributed by atoms with Crippen molar-refractivity contribution in [2.24, 2.45) is 7.05 Å². The van der Waals surface area contributed by atoms with Crippen molar-refractivity contribution in [3.63, 3.8) is 0 Å². The summed E-state index contributed by atoms with van der Waals surface area (Å²) < 4.78 is 22.2. The molecule has 6 nitrogen and oxygen atoms in total. The molecule has 2 aliphatic heterocycles. The lowest BCUT2D eigenvalue weighted by atomic mass is 10.1. The van der Waals surface area contributed by atoms with Crippen LogP contribution in [0.25, 0.3) is 10.9 Å². The maximum absolute atomic E-state index is 15.0. The quantitative estimate of drug-likeness (QED) is 0.713. The first-order chi connectivity index (χ1) is 11.8. The predicted octanol–water partition coefficient (Wildman–Crippen LogP) is 1.94. The van der Waals surface area contributed by atoms with Gasteiger partial charge in [-0.1, -0.05) is 11.6 Å². The summed E-state index contributed by atoms with van der Waals surface area (Å²) in [5.41, 5.74) is -0.0119. The Hall–Kier alpha value is -1.86. The van der Waals surface area contributed by atoms with E-state index in [1.165, 1.54) is 11.6 Å². The number of rotatable bonds is 0. The largest absolute Gasteiger partial charge is 0.489 e. The first-order valence-corrected chi connectivity index (χ1v) is 8.67. The van der Waals surface area contributed by atoms with Gasteiger partial charge in [0.1, 0.15) is 12.4 Å². The van der Waals surface area contributed by atoms with Crippen LogP contribution in [0, 0.1) is 12.7 Å². The maximum Gasteiger partial charge on any atom is 0.349 e. The van der Waals surface area contributed by atoms with E-state index < -0.39 is 11.5 Å². The van der Waals surface area contributed by atoms with E-state index in [0.29, 0.717) is 30.1 Å². The van der Waals surface area contributed by atoms with Gasteiger partial charge in [0.25, 0.3) is 0 Å². The van der Waals surface area contributed by atoms with Gasteiger partial charge in [-0.3, -0.25) is 9.47 Å². The number of ether oxygens (including phenoxy) is 1. The van der Waals surface area contributed by atoms with Crippen LogP contribution in [-0.4, -0.2) is 53.3 Å². The summed E-state index contributed by atoms with van der Waals surface area (Å²) in [6.07, 6.45) is 0. The zero-order chi connectivity index (χ0) is 18.0. The van der Waals surface area contributed by atoms with E-state index in [4.69, 9.17) is 16.3 Å². The number of nitrogens with zero attached hydrogens (tertiary/aromatic N) is 4. The van der Waals surface area contributed by atoms with Gasteiger partial charge in [0.15, 0.2) is 11.6 Å². The first-order valence-electron chi connectivity index (χ1n) is 8.29. The number of hydrogen-bond acceptors (Lipinski definition) is 5. The minimum absolute atomic E-state index is 0.0239. The molecule has 1 fully saturated rings. The molecule has 0 bridgehead atoms. The summed E-state index contributed by atoms with van der Waals surface area (Å²) in [7, 11) is 3.58.